The number of carboxylic acids is 1. The molecule has 0 aromatic heterocycles. The lowest BCUT2D eigenvalue weighted by Crippen LogP contribution is -2.51. The Morgan fingerprint density at radius 2 is 1.69 bits per heavy atom. The summed E-state index contributed by atoms with van der Waals surface area (Å²) in [6.45, 7) is 3.23. The van der Waals surface area contributed by atoms with Gasteiger partial charge in [-0.15, -0.1) is 0 Å². The number of aliphatic carboxylic acids is 1. The first-order valence-corrected chi connectivity index (χ1v) is 4.72. The van der Waals surface area contributed by atoms with E-state index >= 15 is 0 Å². The highest BCUT2D eigenvalue weighted by Gasteiger charge is 1.97. The first-order chi connectivity index (χ1) is 6.95. The van der Waals surface area contributed by atoms with Gasteiger partial charge in [0, 0.05) is 5.56 Å². The molecule has 0 heterocycles. The van der Waals surface area contributed by atoms with E-state index < -0.39 is 12.1 Å². The van der Waals surface area contributed by atoms with Crippen molar-refractivity contribution >= 4 is 5.97 Å². The van der Waals surface area contributed by atoms with Crippen LogP contribution < -0.4 is 10.8 Å². The number of hydrogen-bond donors (Lipinski definition) is 2. The molecule has 0 spiro atoms. The predicted octanol–water partition coefficient (Wildman–Crippen LogP) is -1.72. The van der Waals surface area contributed by atoms with E-state index in [2.05, 4.69) is 24.8 Å². The molecule has 92 valence electrons. The maximum atomic E-state index is 9.34. The topological polar surface area (TPSA) is 120 Å². The van der Waals surface area contributed by atoms with Gasteiger partial charge in [-0.3, -0.25) is 0 Å². The molecule has 6 N–H and O–H groups in total. The first kappa shape index (κ1) is 17.0. The third-order valence-corrected chi connectivity index (χ3v) is 1.71. The van der Waals surface area contributed by atoms with E-state index in [1.165, 1.54) is 5.56 Å². The molecule has 0 saturated carbocycles. The zero-order valence-electron chi connectivity index (χ0n) is 9.51. The summed E-state index contributed by atoms with van der Waals surface area (Å²) in [6.07, 6.45) is -1.34. The molecule has 5 nitrogen and oxygen atoms in total. The second-order valence-electron chi connectivity index (χ2n) is 3.31. The van der Waals surface area contributed by atoms with Crippen molar-refractivity contribution in [2.45, 2.75) is 26.0 Å². The SMILES string of the molecule is C[C@H](O)C(=O)[O-].C[C@H]([NH3+])c1ccccc1.O. The van der Waals surface area contributed by atoms with Gasteiger partial charge in [0.1, 0.15) is 6.04 Å². The van der Waals surface area contributed by atoms with Gasteiger partial charge in [-0.2, -0.15) is 0 Å². The minimum absolute atomic E-state index is 0. The molecular weight excluding hydrogens is 210 g/mol. The summed E-state index contributed by atoms with van der Waals surface area (Å²) in [5.74, 6) is -1.44. The molecule has 0 amide bonds. The van der Waals surface area contributed by atoms with Crippen LogP contribution in [0, 0.1) is 0 Å². The Bertz CT molecular complexity index is 285. The van der Waals surface area contributed by atoms with E-state index in [9.17, 15) is 9.90 Å². The van der Waals surface area contributed by atoms with Crippen LogP contribution in [0.5, 0.6) is 0 Å². The van der Waals surface area contributed by atoms with Gasteiger partial charge < -0.3 is 26.2 Å². The fourth-order valence-corrected chi connectivity index (χ4v) is 0.782. The van der Waals surface area contributed by atoms with Crippen LogP contribution >= 0.6 is 0 Å². The number of carbonyl (C=O) groups excluding carboxylic acids is 1. The summed E-state index contributed by atoms with van der Waals surface area (Å²) in [5, 5.41) is 17.3. The van der Waals surface area contributed by atoms with Crippen molar-refractivity contribution < 1.29 is 26.2 Å². The first-order valence-electron chi connectivity index (χ1n) is 4.72. The van der Waals surface area contributed by atoms with Crippen LogP contribution in [0.3, 0.4) is 0 Å². The molecule has 0 radical (unpaired) electrons. The number of benzene rings is 1. The Hall–Kier alpha value is -1.43. The monoisotopic (exact) mass is 229 g/mol. The Morgan fingerprint density at radius 3 is 1.88 bits per heavy atom. The van der Waals surface area contributed by atoms with E-state index in [1.807, 2.05) is 18.2 Å². The molecule has 1 aromatic carbocycles. The predicted molar refractivity (Wildman–Crippen MR) is 58.0 cm³/mol. The largest absolute Gasteiger partial charge is 0.547 e. The van der Waals surface area contributed by atoms with Crippen LogP contribution in [-0.4, -0.2) is 22.7 Å². The van der Waals surface area contributed by atoms with Crippen LogP contribution in [0.4, 0.5) is 0 Å². The molecule has 0 bridgehead atoms. The van der Waals surface area contributed by atoms with Gasteiger partial charge in [0.25, 0.3) is 0 Å². The third-order valence-electron chi connectivity index (χ3n) is 1.71. The molecular formula is C11H19NO4. The maximum Gasteiger partial charge on any atom is 0.107 e. The van der Waals surface area contributed by atoms with Gasteiger partial charge in [0.15, 0.2) is 0 Å². The van der Waals surface area contributed by atoms with Crippen LogP contribution in [0.15, 0.2) is 30.3 Å². The fraction of sp³-hybridized carbons (Fsp3) is 0.364. The minimum atomic E-state index is -1.44. The van der Waals surface area contributed by atoms with E-state index in [1.54, 1.807) is 0 Å². The van der Waals surface area contributed by atoms with E-state index in [0.717, 1.165) is 6.92 Å². The number of hydrogen-bond acceptors (Lipinski definition) is 3. The molecule has 0 unspecified atom stereocenters. The lowest BCUT2D eigenvalue weighted by Gasteiger charge is -2.00. The van der Waals surface area contributed by atoms with Crippen LogP contribution in [-0.2, 0) is 4.79 Å². The molecule has 0 aliphatic rings. The van der Waals surface area contributed by atoms with E-state index in [-0.39, 0.29) is 5.48 Å². The van der Waals surface area contributed by atoms with Crippen molar-refractivity contribution in [1.29, 1.82) is 0 Å². The van der Waals surface area contributed by atoms with Gasteiger partial charge in [-0.25, -0.2) is 0 Å². The average Bonchev–Trinajstić information content (AvgIpc) is 2.20. The van der Waals surface area contributed by atoms with Crippen molar-refractivity contribution in [3.63, 3.8) is 0 Å². The molecule has 16 heavy (non-hydrogen) atoms. The number of rotatable bonds is 2. The van der Waals surface area contributed by atoms with Crippen LogP contribution in [0.2, 0.25) is 0 Å². The smallest absolute Gasteiger partial charge is 0.107 e. The number of quaternary nitrogens is 1. The Kier molecular flexibility index (Phi) is 9.39. The lowest BCUT2D eigenvalue weighted by molar-refractivity contribution is -0.420. The van der Waals surface area contributed by atoms with Crippen molar-refractivity contribution in [3.8, 4) is 0 Å². The van der Waals surface area contributed by atoms with E-state index in [4.69, 9.17) is 5.11 Å². The zero-order valence-corrected chi connectivity index (χ0v) is 9.51. The summed E-state index contributed by atoms with van der Waals surface area (Å²) in [6, 6.07) is 10.7. The Labute approximate surface area is 94.8 Å². The number of aliphatic hydroxyl groups is 1. The zero-order chi connectivity index (χ0) is 11.8. The molecule has 0 aliphatic heterocycles. The second kappa shape index (κ2) is 8.84. The molecule has 5 heteroatoms. The van der Waals surface area contributed by atoms with Gasteiger partial charge >= 0.3 is 0 Å². The van der Waals surface area contributed by atoms with Gasteiger partial charge in [0.05, 0.1) is 12.1 Å². The molecule has 1 aromatic rings. The molecule has 0 saturated heterocycles. The van der Waals surface area contributed by atoms with Crippen molar-refractivity contribution in [2.24, 2.45) is 0 Å². The van der Waals surface area contributed by atoms with Crippen molar-refractivity contribution in [3.05, 3.63) is 35.9 Å². The maximum absolute atomic E-state index is 9.34. The Balaban J connectivity index is 0. The highest BCUT2D eigenvalue weighted by atomic mass is 16.4. The van der Waals surface area contributed by atoms with Crippen LogP contribution in [0.25, 0.3) is 0 Å². The normalized spacial score (nSPS) is 12.5. The summed E-state index contributed by atoms with van der Waals surface area (Å²) >= 11 is 0. The number of aliphatic hydroxyl groups excluding tert-OH is 1. The van der Waals surface area contributed by atoms with E-state index in [0.29, 0.717) is 6.04 Å². The highest BCUT2D eigenvalue weighted by molar-refractivity contribution is 5.68. The van der Waals surface area contributed by atoms with Crippen molar-refractivity contribution in [2.75, 3.05) is 0 Å². The summed E-state index contributed by atoms with van der Waals surface area (Å²) in [5.41, 5.74) is 5.21. The fourth-order valence-electron chi connectivity index (χ4n) is 0.782. The summed E-state index contributed by atoms with van der Waals surface area (Å²) < 4.78 is 0. The molecule has 0 aliphatic carbocycles. The minimum Gasteiger partial charge on any atom is -0.547 e. The lowest BCUT2D eigenvalue weighted by atomic mass is 10.1. The highest BCUT2D eigenvalue weighted by Crippen LogP contribution is 2.04. The number of carbonyl (C=O) groups is 1. The number of carboxylic acid groups (broad SMARTS) is 1. The van der Waals surface area contributed by atoms with Gasteiger partial charge in [-0.1, -0.05) is 30.3 Å². The summed E-state index contributed by atoms with van der Waals surface area (Å²) in [7, 11) is 0. The van der Waals surface area contributed by atoms with Crippen LogP contribution in [0.1, 0.15) is 25.5 Å². The standard InChI is InChI=1S/C8H11N.C3H6O3.H2O/c1-7(9)8-5-3-2-4-6-8;1-2(4)3(5)6;/h2-7H,9H2,1H3;2,4H,1H3,(H,5,6);1H2/t7-;2-;/m00./s1. The second-order valence-corrected chi connectivity index (χ2v) is 3.31. The van der Waals surface area contributed by atoms with Gasteiger partial charge in [0.2, 0.25) is 0 Å². The quantitative estimate of drug-likeness (QED) is 0.627. The average molecular weight is 229 g/mol. The Morgan fingerprint density at radius 1 is 1.31 bits per heavy atom. The van der Waals surface area contributed by atoms with Gasteiger partial charge in [-0.05, 0) is 13.8 Å². The molecule has 1 rings (SSSR count). The summed E-state index contributed by atoms with van der Waals surface area (Å²) in [4.78, 5) is 9.34. The molecule has 2 atom stereocenters. The third kappa shape index (κ3) is 7.93. The molecule has 0 fully saturated rings. The van der Waals surface area contributed by atoms with Crippen molar-refractivity contribution in [1.82, 2.24) is 0 Å².